The molecular formula is C8H19FGeN3Zr. The largest absolute Gasteiger partial charge is 4.00 e. The van der Waals surface area contributed by atoms with Crippen molar-refractivity contribution in [2.24, 2.45) is 0 Å². The summed E-state index contributed by atoms with van der Waals surface area (Å²) in [6.45, 7) is 0. The summed E-state index contributed by atoms with van der Waals surface area (Å²) in [4.78, 5) is 0. The van der Waals surface area contributed by atoms with E-state index in [0.717, 1.165) is 6.42 Å². The van der Waals surface area contributed by atoms with Crippen LogP contribution in [-0.2, 0) is 26.2 Å². The monoisotopic (exact) mass is 340 g/mol. The summed E-state index contributed by atoms with van der Waals surface area (Å²) in [5.74, 6) is 0. The van der Waals surface area contributed by atoms with Crippen molar-refractivity contribution in [2.45, 2.75) is 6.42 Å². The summed E-state index contributed by atoms with van der Waals surface area (Å²) < 4.78 is 9.62. The molecule has 0 heterocycles. The first kappa shape index (κ1) is 29.3. The SMILES string of the molecule is C[NH-].C[NH-].C[NH-].[C-]1=CC=CC1.[F][GeH2].[Zr+4]. The molecule has 0 saturated heterocycles. The molecule has 1 rings (SSSR count). The first-order valence-corrected chi connectivity index (χ1v) is 4.61. The van der Waals surface area contributed by atoms with E-state index in [0.29, 0.717) is 0 Å². The van der Waals surface area contributed by atoms with Crippen molar-refractivity contribution in [3.8, 4) is 0 Å². The Hall–Kier alpha value is 0.716. The Labute approximate surface area is 115 Å². The van der Waals surface area contributed by atoms with Crippen LogP contribution in [0.2, 0.25) is 0 Å². The normalized spacial score (nSPS) is 8.00. The molecule has 1 aliphatic rings. The van der Waals surface area contributed by atoms with E-state index >= 15 is 0 Å². The molecule has 0 aromatic rings. The maximum atomic E-state index is 9.62. The zero-order chi connectivity index (χ0) is 11.5. The number of hydrogen-bond acceptors (Lipinski definition) is 0. The first-order chi connectivity index (χ1) is 6.50. The second kappa shape index (κ2) is 67.9. The van der Waals surface area contributed by atoms with Gasteiger partial charge < -0.3 is 17.2 Å². The fourth-order valence-electron chi connectivity index (χ4n) is 0.340. The van der Waals surface area contributed by atoms with E-state index in [2.05, 4.69) is 12.2 Å². The van der Waals surface area contributed by atoms with E-state index in [1.165, 1.54) is 21.1 Å². The maximum Gasteiger partial charge on any atom is 4.00 e. The van der Waals surface area contributed by atoms with Crippen molar-refractivity contribution >= 4 is 17.0 Å². The Bertz CT molecular complexity index is 82.7. The van der Waals surface area contributed by atoms with E-state index in [4.69, 9.17) is 17.2 Å². The van der Waals surface area contributed by atoms with Crippen LogP contribution in [0.5, 0.6) is 0 Å². The average molecular weight is 340 g/mol. The quantitative estimate of drug-likeness (QED) is 0.481. The van der Waals surface area contributed by atoms with Crippen molar-refractivity contribution in [1.82, 2.24) is 0 Å². The van der Waals surface area contributed by atoms with Gasteiger partial charge in [0.25, 0.3) is 0 Å². The van der Waals surface area contributed by atoms with E-state index in [9.17, 15) is 3.50 Å². The number of hydrogen-bond donors (Lipinski definition) is 0. The number of allylic oxidation sites excluding steroid dienone is 4. The van der Waals surface area contributed by atoms with Crippen molar-refractivity contribution < 1.29 is 29.7 Å². The summed E-state index contributed by atoms with van der Waals surface area (Å²) in [7, 11) is 3.75. The zero-order valence-electron chi connectivity index (χ0n) is 9.02. The Kier molecular flexibility index (Phi) is 142. The Balaban J connectivity index is -0.0000000267. The van der Waals surface area contributed by atoms with E-state index in [-0.39, 0.29) is 43.2 Å². The van der Waals surface area contributed by atoms with Crippen LogP contribution in [0.1, 0.15) is 6.42 Å². The molecule has 1 aliphatic carbocycles. The van der Waals surface area contributed by atoms with Gasteiger partial charge in [-0.15, -0.1) is 6.42 Å². The predicted molar refractivity (Wildman–Crippen MR) is 62.0 cm³/mol. The van der Waals surface area contributed by atoms with Gasteiger partial charge >= 0.3 is 46.7 Å². The van der Waals surface area contributed by atoms with Crippen LogP contribution in [0, 0.1) is 6.08 Å². The van der Waals surface area contributed by atoms with Crippen LogP contribution in [0.25, 0.3) is 17.2 Å². The molecule has 14 heavy (non-hydrogen) atoms. The summed E-state index contributed by atoms with van der Waals surface area (Å²) in [5.41, 5.74) is 17.2. The maximum absolute atomic E-state index is 9.62. The third-order valence-electron chi connectivity index (χ3n) is 0.586. The molecule has 0 bridgehead atoms. The van der Waals surface area contributed by atoms with Gasteiger partial charge in [-0.25, -0.2) is 12.2 Å². The van der Waals surface area contributed by atoms with Gasteiger partial charge in [-0.05, 0) is 0 Å². The van der Waals surface area contributed by atoms with E-state index in [1.54, 1.807) is 0 Å². The molecule has 81 valence electrons. The molecule has 0 spiro atoms. The van der Waals surface area contributed by atoms with Crippen LogP contribution in [0.4, 0.5) is 3.50 Å². The van der Waals surface area contributed by atoms with E-state index in [1.807, 2.05) is 12.2 Å². The van der Waals surface area contributed by atoms with Crippen LogP contribution < -0.4 is 0 Å². The average Bonchev–Trinajstić information content (AvgIpc) is 2.87. The fraction of sp³-hybridized carbons (Fsp3) is 0.500. The van der Waals surface area contributed by atoms with Gasteiger partial charge in [-0.1, -0.05) is 0 Å². The standard InChI is InChI=1S/C5H5.3CH4N.FGeH2.Zr/c1-2-4-5-3-1;4*1-2;/h1-3H,4H2;3*2H,1H3;2H2;/q4*-1;;+4. The molecule has 0 aromatic carbocycles. The smallest absolute Gasteiger partial charge is 4.00 e. The fourth-order valence-corrected chi connectivity index (χ4v) is 0.340. The summed E-state index contributed by atoms with van der Waals surface area (Å²) in [6.07, 6.45) is 10.0. The van der Waals surface area contributed by atoms with Crippen LogP contribution >= 0.6 is 0 Å². The summed E-state index contributed by atoms with van der Waals surface area (Å²) in [5, 5.41) is 0. The molecule has 0 aliphatic heterocycles. The molecule has 0 unspecified atom stereocenters. The first-order valence-electron chi connectivity index (χ1n) is 3.48. The molecule has 1 radical (unpaired) electrons. The molecule has 3 N–H and O–H groups in total. The van der Waals surface area contributed by atoms with Crippen molar-refractivity contribution in [3.05, 3.63) is 41.5 Å². The third-order valence-corrected chi connectivity index (χ3v) is 0.586. The van der Waals surface area contributed by atoms with Gasteiger partial charge in [0.2, 0.25) is 0 Å². The van der Waals surface area contributed by atoms with Crippen molar-refractivity contribution in [3.63, 3.8) is 0 Å². The minimum atomic E-state index is -0.125. The number of halogens is 1. The van der Waals surface area contributed by atoms with Gasteiger partial charge in [0, 0.05) is 0 Å². The van der Waals surface area contributed by atoms with Crippen molar-refractivity contribution in [2.75, 3.05) is 21.1 Å². The molecule has 0 amide bonds. The van der Waals surface area contributed by atoms with Crippen LogP contribution in [0.3, 0.4) is 0 Å². The van der Waals surface area contributed by atoms with Crippen molar-refractivity contribution in [1.29, 1.82) is 0 Å². The summed E-state index contributed by atoms with van der Waals surface area (Å²) in [6, 6.07) is 0. The molecule has 0 saturated carbocycles. The zero-order valence-corrected chi connectivity index (χ0v) is 14.4. The topological polar surface area (TPSA) is 71.4 Å². The van der Waals surface area contributed by atoms with Crippen LogP contribution in [0.15, 0.2) is 18.2 Å². The third kappa shape index (κ3) is 53.4. The Morgan fingerprint density at radius 1 is 1.07 bits per heavy atom. The van der Waals surface area contributed by atoms with Gasteiger partial charge in [0.05, 0.1) is 0 Å². The Morgan fingerprint density at radius 3 is 1.50 bits per heavy atom. The van der Waals surface area contributed by atoms with E-state index < -0.39 is 0 Å². The van der Waals surface area contributed by atoms with Gasteiger partial charge in [0.15, 0.2) is 0 Å². The van der Waals surface area contributed by atoms with Crippen LogP contribution in [-0.4, -0.2) is 38.1 Å². The molecular weight excluding hydrogens is 321 g/mol. The predicted octanol–water partition coefficient (Wildman–Crippen LogP) is 2.81. The number of rotatable bonds is 0. The Morgan fingerprint density at radius 2 is 1.43 bits per heavy atom. The minimum absolute atomic E-state index is 0. The molecule has 0 fully saturated rings. The molecule has 0 atom stereocenters. The summed E-state index contributed by atoms with van der Waals surface area (Å²) >= 11 is -0.125. The van der Waals surface area contributed by atoms with Gasteiger partial charge in [-0.3, -0.25) is 6.08 Å². The molecule has 6 heteroatoms. The molecule has 3 nitrogen and oxygen atoms in total. The minimum Gasteiger partial charge on any atom is 4.00 e. The molecule has 0 aromatic heterocycles. The second-order valence-electron chi connectivity index (χ2n) is 1.00. The number of nitrogens with one attached hydrogen (secondary N) is 3. The second-order valence-corrected chi connectivity index (χ2v) is 1.00. The van der Waals surface area contributed by atoms with Gasteiger partial charge in [-0.2, -0.15) is 27.2 Å². The van der Waals surface area contributed by atoms with Gasteiger partial charge in [0.1, 0.15) is 0 Å².